The van der Waals surface area contributed by atoms with Crippen LogP contribution in [0, 0.1) is 11.3 Å². The molecule has 1 rings (SSSR count). The average Bonchev–Trinajstić information content (AvgIpc) is 2.32. The van der Waals surface area contributed by atoms with Gasteiger partial charge in [0.2, 0.25) is 0 Å². The Morgan fingerprint density at radius 2 is 2.12 bits per heavy atom. The van der Waals surface area contributed by atoms with Crippen molar-refractivity contribution < 1.29 is 9.90 Å². The van der Waals surface area contributed by atoms with Gasteiger partial charge in [0.25, 0.3) is 0 Å². The molecule has 0 unspecified atom stereocenters. The summed E-state index contributed by atoms with van der Waals surface area (Å²) >= 11 is 0. The van der Waals surface area contributed by atoms with Crippen molar-refractivity contribution in [2.75, 3.05) is 25.5 Å². The summed E-state index contributed by atoms with van der Waals surface area (Å²) in [7, 11) is 1.61. The summed E-state index contributed by atoms with van der Waals surface area (Å²) in [6.45, 7) is 0.226. The van der Waals surface area contributed by atoms with Crippen LogP contribution in [-0.4, -0.2) is 36.2 Å². The van der Waals surface area contributed by atoms with Crippen molar-refractivity contribution in [3.05, 3.63) is 29.8 Å². The molecule has 17 heavy (non-hydrogen) atoms. The normalized spacial score (nSPS) is 9.47. The Labute approximate surface area is 100 Å². The number of likely N-dealkylation sites (N-methyl/N-ethyl adjacent to an activating group) is 1. The summed E-state index contributed by atoms with van der Waals surface area (Å²) in [5, 5.41) is 19.9. The molecule has 5 heteroatoms. The van der Waals surface area contributed by atoms with Crippen molar-refractivity contribution in [1.82, 2.24) is 4.90 Å². The first-order chi connectivity index (χ1) is 8.17. The van der Waals surface area contributed by atoms with Crippen LogP contribution in [0.5, 0.6) is 0 Å². The third-order valence-electron chi connectivity index (χ3n) is 2.27. The molecule has 5 nitrogen and oxygen atoms in total. The van der Waals surface area contributed by atoms with Gasteiger partial charge in [-0.3, -0.25) is 0 Å². The second kappa shape index (κ2) is 6.51. The zero-order chi connectivity index (χ0) is 12.7. The number of urea groups is 1. The molecule has 0 saturated carbocycles. The van der Waals surface area contributed by atoms with Gasteiger partial charge in [-0.1, -0.05) is 12.1 Å². The smallest absolute Gasteiger partial charge is 0.321 e. The maximum Gasteiger partial charge on any atom is 0.321 e. The van der Waals surface area contributed by atoms with Gasteiger partial charge < -0.3 is 15.3 Å². The molecule has 0 radical (unpaired) electrons. The van der Waals surface area contributed by atoms with E-state index in [9.17, 15) is 4.79 Å². The second-order valence-corrected chi connectivity index (χ2v) is 3.61. The number of anilines is 1. The van der Waals surface area contributed by atoms with Gasteiger partial charge in [0, 0.05) is 19.3 Å². The fraction of sp³-hybridized carbons (Fsp3) is 0.333. The van der Waals surface area contributed by atoms with Crippen LogP contribution in [0.15, 0.2) is 24.3 Å². The van der Waals surface area contributed by atoms with E-state index >= 15 is 0 Å². The van der Waals surface area contributed by atoms with Crippen LogP contribution in [0.25, 0.3) is 0 Å². The van der Waals surface area contributed by atoms with Crippen LogP contribution < -0.4 is 5.32 Å². The minimum Gasteiger partial charge on any atom is -0.395 e. The van der Waals surface area contributed by atoms with Crippen molar-refractivity contribution in [3.63, 3.8) is 0 Å². The fourth-order valence-corrected chi connectivity index (χ4v) is 1.27. The van der Waals surface area contributed by atoms with Crippen molar-refractivity contribution >= 4 is 11.7 Å². The monoisotopic (exact) mass is 233 g/mol. The van der Waals surface area contributed by atoms with E-state index in [-0.39, 0.29) is 12.6 Å². The summed E-state index contributed by atoms with van der Waals surface area (Å²) < 4.78 is 0. The van der Waals surface area contributed by atoms with Gasteiger partial charge in [0.15, 0.2) is 0 Å². The highest BCUT2D eigenvalue weighted by Gasteiger charge is 2.07. The van der Waals surface area contributed by atoms with E-state index in [1.54, 1.807) is 31.3 Å². The molecule has 0 heterocycles. The summed E-state index contributed by atoms with van der Waals surface area (Å²) in [4.78, 5) is 13.0. The Bertz CT molecular complexity index is 409. The summed E-state index contributed by atoms with van der Waals surface area (Å²) in [5.74, 6) is 0. The molecule has 1 aromatic carbocycles. The number of carbonyl (C=O) groups is 1. The predicted octanol–water partition coefficient (Wildman–Crippen LogP) is 1.21. The Morgan fingerprint density at radius 1 is 1.47 bits per heavy atom. The van der Waals surface area contributed by atoms with Crippen LogP contribution in [0.3, 0.4) is 0 Å². The molecule has 0 fully saturated rings. The first-order valence-corrected chi connectivity index (χ1v) is 5.26. The molecule has 90 valence electrons. The quantitative estimate of drug-likeness (QED) is 0.820. The molecular formula is C12H15N3O2. The molecular weight excluding hydrogens is 218 g/mol. The fourth-order valence-electron chi connectivity index (χ4n) is 1.27. The summed E-state index contributed by atoms with van der Waals surface area (Å²) in [6.07, 6.45) is 0.360. The molecule has 2 N–H and O–H groups in total. The lowest BCUT2D eigenvalue weighted by Gasteiger charge is -2.16. The maximum atomic E-state index is 11.6. The standard InChI is InChI=1S/C12H15N3O2/c1-15(8-9-16)12(17)14-11-4-2-10(3-5-11)6-7-13/h2-5,16H,6,8-9H2,1H3,(H,14,17). The van der Waals surface area contributed by atoms with Gasteiger partial charge in [-0.05, 0) is 17.7 Å². The summed E-state index contributed by atoms with van der Waals surface area (Å²) in [5.41, 5.74) is 1.58. The summed E-state index contributed by atoms with van der Waals surface area (Å²) in [6, 6.07) is 8.87. The first kappa shape index (κ1) is 13.0. The van der Waals surface area contributed by atoms with E-state index in [0.717, 1.165) is 5.56 Å². The Kier molecular flexibility index (Phi) is 4.98. The molecule has 0 aliphatic carbocycles. The van der Waals surface area contributed by atoms with Gasteiger partial charge in [-0.2, -0.15) is 5.26 Å². The van der Waals surface area contributed by atoms with Crippen molar-refractivity contribution in [2.24, 2.45) is 0 Å². The number of aliphatic hydroxyl groups is 1. The second-order valence-electron chi connectivity index (χ2n) is 3.61. The largest absolute Gasteiger partial charge is 0.395 e. The number of benzene rings is 1. The Balaban J connectivity index is 2.57. The topological polar surface area (TPSA) is 76.4 Å². The van der Waals surface area contributed by atoms with Crippen LogP contribution in [0.4, 0.5) is 10.5 Å². The van der Waals surface area contributed by atoms with E-state index < -0.39 is 0 Å². The zero-order valence-corrected chi connectivity index (χ0v) is 9.68. The molecule has 0 bridgehead atoms. The molecule has 0 saturated heterocycles. The van der Waals surface area contributed by atoms with E-state index in [0.29, 0.717) is 18.7 Å². The number of aliphatic hydroxyl groups excluding tert-OH is 1. The number of amides is 2. The van der Waals surface area contributed by atoms with Gasteiger partial charge in [0.1, 0.15) is 0 Å². The molecule has 0 aliphatic rings. The SMILES string of the molecule is CN(CCO)C(=O)Nc1ccc(CC#N)cc1. The highest BCUT2D eigenvalue weighted by atomic mass is 16.3. The van der Waals surface area contributed by atoms with Gasteiger partial charge in [-0.25, -0.2) is 4.79 Å². The van der Waals surface area contributed by atoms with E-state index in [2.05, 4.69) is 11.4 Å². The molecule has 0 atom stereocenters. The highest BCUT2D eigenvalue weighted by Crippen LogP contribution is 2.10. The molecule has 2 amide bonds. The molecule has 0 spiro atoms. The minimum atomic E-state index is -0.271. The Morgan fingerprint density at radius 3 is 2.65 bits per heavy atom. The third kappa shape index (κ3) is 4.13. The van der Waals surface area contributed by atoms with Crippen molar-refractivity contribution in [1.29, 1.82) is 5.26 Å². The van der Waals surface area contributed by atoms with Crippen molar-refractivity contribution in [3.8, 4) is 6.07 Å². The molecule has 0 aromatic heterocycles. The van der Waals surface area contributed by atoms with E-state index in [1.807, 2.05) is 0 Å². The van der Waals surface area contributed by atoms with Crippen LogP contribution >= 0.6 is 0 Å². The number of hydrogen-bond donors (Lipinski definition) is 2. The number of rotatable bonds is 4. The van der Waals surface area contributed by atoms with E-state index in [4.69, 9.17) is 10.4 Å². The zero-order valence-electron chi connectivity index (χ0n) is 9.68. The average molecular weight is 233 g/mol. The number of nitriles is 1. The number of nitrogens with zero attached hydrogens (tertiary/aromatic N) is 2. The predicted molar refractivity (Wildman–Crippen MR) is 64.5 cm³/mol. The number of carbonyl (C=O) groups excluding carboxylic acids is 1. The third-order valence-corrected chi connectivity index (χ3v) is 2.27. The molecule has 1 aromatic rings. The Hall–Kier alpha value is -2.06. The van der Waals surface area contributed by atoms with Crippen molar-refractivity contribution in [2.45, 2.75) is 6.42 Å². The first-order valence-electron chi connectivity index (χ1n) is 5.26. The van der Waals surface area contributed by atoms with E-state index in [1.165, 1.54) is 4.90 Å². The van der Waals surface area contributed by atoms with Crippen LogP contribution in [0.1, 0.15) is 5.56 Å². The number of hydrogen-bond acceptors (Lipinski definition) is 3. The lowest BCUT2D eigenvalue weighted by molar-refractivity contribution is 0.202. The van der Waals surface area contributed by atoms with Gasteiger partial charge in [0.05, 0.1) is 19.1 Å². The maximum absolute atomic E-state index is 11.6. The van der Waals surface area contributed by atoms with Crippen LogP contribution in [0.2, 0.25) is 0 Å². The van der Waals surface area contributed by atoms with Crippen LogP contribution in [-0.2, 0) is 6.42 Å². The lowest BCUT2D eigenvalue weighted by Crippen LogP contribution is -2.33. The van der Waals surface area contributed by atoms with Gasteiger partial charge >= 0.3 is 6.03 Å². The highest BCUT2D eigenvalue weighted by molar-refractivity contribution is 5.89. The van der Waals surface area contributed by atoms with Gasteiger partial charge in [-0.15, -0.1) is 0 Å². The lowest BCUT2D eigenvalue weighted by atomic mass is 10.1. The minimum absolute atomic E-state index is 0.0645. The number of nitrogens with one attached hydrogen (secondary N) is 1. The molecule has 0 aliphatic heterocycles.